The van der Waals surface area contributed by atoms with Crippen LogP contribution in [0.2, 0.25) is 0 Å². The maximum absolute atomic E-state index is 13.2. The average molecular weight is 527 g/mol. The maximum atomic E-state index is 13.2. The molecular formula is C29H34O5S2. The lowest BCUT2D eigenvalue weighted by molar-refractivity contribution is 0.248. The van der Waals surface area contributed by atoms with Gasteiger partial charge >= 0.3 is 0 Å². The minimum Gasteiger partial charge on any atom is -0.461 e. The van der Waals surface area contributed by atoms with Crippen LogP contribution in [0.25, 0.3) is 0 Å². The van der Waals surface area contributed by atoms with Gasteiger partial charge in [-0.2, -0.15) is 0 Å². The second-order valence-corrected chi connectivity index (χ2v) is 11.6. The molecule has 0 aromatic heterocycles. The summed E-state index contributed by atoms with van der Waals surface area (Å²) < 4.78 is 57.9. The molecule has 0 amide bonds. The van der Waals surface area contributed by atoms with Crippen LogP contribution in [-0.4, -0.2) is 16.8 Å². The molecule has 1 rings (SSSR count). The molecule has 0 saturated heterocycles. The van der Waals surface area contributed by atoms with E-state index in [0.717, 1.165) is 0 Å². The van der Waals surface area contributed by atoms with Crippen LogP contribution in [0.4, 0.5) is 0 Å². The molecule has 192 valence electrons. The van der Waals surface area contributed by atoms with E-state index in [1.807, 2.05) is 6.92 Å². The van der Waals surface area contributed by atoms with Gasteiger partial charge in [0.25, 0.3) is 0 Å². The molecule has 0 N–H and O–H groups in total. The van der Waals surface area contributed by atoms with Crippen LogP contribution in [0.5, 0.6) is 0 Å². The topological polar surface area (TPSA) is 77.5 Å². The van der Waals surface area contributed by atoms with Gasteiger partial charge in [0.2, 0.25) is 19.7 Å². The summed E-state index contributed by atoms with van der Waals surface area (Å²) in [6.07, 6.45) is 18.9. The van der Waals surface area contributed by atoms with E-state index >= 15 is 0 Å². The second kappa shape index (κ2) is 13.6. The van der Waals surface area contributed by atoms with Gasteiger partial charge in [0.1, 0.15) is 11.5 Å². The molecule has 0 aromatic carbocycles. The van der Waals surface area contributed by atoms with Crippen molar-refractivity contribution in [3.8, 4) is 0 Å². The lowest BCUT2D eigenvalue weighted by Gasteiger charge is -2.28. The predicted octanol–water partition coefficient (Wildman–Crippen LogP) is 6.93. The van der Waals surface area contributed by atoms with Gasteiger partial charge in [-0.15, -0.1) is 0 Å². The van der Waals surface area contributed by atoms with Gasteiger partial charge in [0.05, 0.1) is 19.6 Å². The Bertz CT molecular complexity index is 1340. The molecule has 0 saturated carbocycles. The third-order valence-corrected chi connectivity index (χ3v) is 9.54. The zero-order chi connectivity index (χ0) is 27.5. The molecule has 5 nitrogen and oxygen atoms in total. The Morgan fingerprint density at radius 2 is 1.39 bits per heavy atom. The highest BCUT2D eigenvalue weighted by atomic mass is 32.2. The van der Waals surface area contributed by atoms with E-state index in [1.54, 1.807) is 38.2 Å². The molecule has 2 atom stereocenters. The molecule has 0 bridgehead atoms. The van der Waals surface area contributed by atoms with Crippen molar-refractivity contribution in [1.29, 1.82) is 0 Å². The molecule has 0 spiro atoms. The minimum absolute atomic E-state index is 0.0278. The van der Waals surface area contributed by atoms with Gasteiger partial charge in [-0.1, -0.05) is 89.3 Å². The fourth-order valence-electron chi connectivity index (χ4n) is 3.28. The summed E-state index contributed by atoms with van der Waals surface area (Å²) in [6.45, 7) is 23.3. The first-order chi connectivity index (χ1) is 17.0. The zero-order valence-electron chi connectivity index (χ0n) is 21.1. The van der Waals surface area contributed by atoms with Gasteiger partial charge in [-0.25, -0.2) is 16.8 Å². The van der Waals surface area contributed by atoms with Gasteiger partial charge in [0, 0.05) is 11.8 Å². The van der Waals surface area contributed by atoms with E-state index in [1.165, 1.54) is 54.7 Å². The van der Waals surface area contributed by atoms with Crippen molar-refractivity contribution < 1.29 is 21.6 Å². The number of hydrogen-bond donors (Lipinski definition) is 0. The van der Waals surface area contributed by atoms with Crippen molar-refractivity contribution >= 4 is 19.7 Å². The Balaban J connectivity index is 3.42. The average Bonchev–Trinajstić information content (AvgIpc) is 2.84. The van der Waals surface area contributed by atoms with E-state index in [4.69, 9.17) is 4.74 Å². The number of sulfone groups is 2. The Labute approximate surface area is 216 Å². The maximum Gasteiger partial charge on any atom is 0.206 e. The molecule has 0 aliphatic heterocycles. The van der Waals surface area contributed by atoms with Crippen LogP contribution in [-0.2, 0) is 24.4 Å². The summed E-state index contributed by atoms with van der Waals surface area (Å²) in [5.74, 6) is 0.119. The summed E-state index contributed by atoms with van der Waals surface area (Å²) in [7, 11) is -7.54. The molecule has 36 heavy (non-hydrogen) atoms. The molecule has 1 aliphatic carbocycles. The quantitative estimate of drug-likeness (QED) is 0.192. The molecular weight excluding hydrogens is 492 g/mol. The number of hydrogen-bond acceptors (Lipinski definition) is 5. The van der Waals surface area contributed by atoms with Crippen molar-refractivity contribution in [3.05, 3.63) is 143 Å². The number of ether oxygens (including phenoxy) is 1. The third-order valence-electron chi connectivity index (χ3n) is 5.55. The van der Waals surface area contributed by atoms with Crippen LogP contribution in [0.15, 0.2) is 143 Å². The summed E-state index contributed by atoms with van der Waals surface area (Å²) in [6, 6.07) is 0. The second-order valence-electron chi connectivity index (χ2n) is 7.66. The van der Waals surface area contributed by atoms with Crippen LogP contribution in [0, 0.1) is 11.8 Å². The Hall–Kier alpha value is -3.42. The highest BCUT2D eigenvalue weighted by molar-refractivity contribution is 7.99. The van der Waals surface area contributed by atoms with E-state index in [9.17, 15) is 16.8 Å². The van der Waals surface area contributed by atoms with Gasteiger partial charge in [-0.3, -0.25) is 0 Å². The van der Waals surface area contributed by atoms with E-state index < -0.39 is 25.6 Å². The Morgan fingerprint density at radius 1 is 0.778 bits per heavy atom. The Kier molecular flexibility index (Phi) is 11.6. The molecule has 0 heterocycles. The van der Waals surface area contributed by atoms with Crippen molar-refractivity contribution in [2.45, 2.75) is 20.8 Å². The molecule has 0 fully saturated rings. The van der Waals surface area contributed by atoms with Crippen molar-refractivity contribution in [2.75, 3.05) is 0 Å². The van der Waals surface area contributed by atoms with Gasteiger partial charge in [0.15, 0.2) is 0 Å². The van der Waals surface area contributed by atoms with Crippen LogP contribution in [0.1, 0.15) is 20.8 Å². The van der Waals surface area contributed by atoms with Crippen molar-refractivity contribution in [3.63, 3.8) is 0 Å². The standard InChI is InChI=1S/C29H34O5S2/c1-9-15-16-17-26(13-5)36(32,33)29-21-20-28(22(7)23(29)8)34-24(10-2)18-19-27(14-6)35(30,31)25(11-3)12-4/h9-23H,1-3,5-6H2,4,7-8H3/b16-15-,24-18+,25-12+,26-17+,27-19+/t22?,23-/m0/s1. The smallest absolute Gasteiger partial charge is 0.206 e. The summed E-state index contributed by atoms with van der Waals surface area (Å²) in [5, 5.41) is 0. The first-order valence-electron chi connectivity index (χ1n) is 11.1. The summed E-state index contributed by atoms with van der Waals surface area (Å²) >= 11 is 0. The largest absolute Gasteiger partial charge is 0.461 e. The summed E-state index contributed by atoms with van der Waals surface area (Å²) in [5.41, 5.74) is 0. The van der Waals surface area contributed by atoms with E-state index in [-0.39, 0.29) is 31.3 Å². The van der Waals surface area contributed by atoms with E-state index in [0.29, 0.717) is 5.76 Å². The minimum atomic E-state index is -3.78. The Morgan fingerprint density at radius 3 is 1.89 bits per heavy atom. The van der Waals surface area contributed by atoms with Gasteiger partial charge < -0.3 is 4.74 Å². The highest BCUT2D eigenvalue weighted by Gasteiger charge is 2.33. The number of rotatable bonds is 13. The normalized spacial score (nSPS) is 20.3. The third kappa shape index (κ3) is 7.06. The summed E-state index contributed by atoms with van der Waals surface area (Å²) in [4.78, 5) is 0.360. The molecule has 0 radical (unpaired) electrons. The molecule has 1 aliphatic rings. The fourth-order valence-corrected chi connectivity index (χ4v) is 6.24. The van der Waals surface area contributed by atoms with Crippen molar-refractivity contribution in [1.82, 2.24) is 0 Å². The molecule has 0 aromatic rings. The van der Waals surface area contributed by atoms with Crippen LogP contribution in [0.3, 0.4) is 0 Å². The monoisotopic (exact) mass is 526 g/mol. The lowest BCUT2D eigenvalue weighted by Crippen LogP contribution is -2.23. The predicted molar refractivity (Wildman–Crippen MR) is 152 cm³/mol. The van der Waals surface area contributed by atoms with Gasteiger partial charge in [-0.05, 0) is 43.4 Å². The highest BCUT2D eigenvalue weighted by Crippen LogP contribution is 2.37. The fraction of sp³-hybridized carbons (Fsp3) is 0.172. The first-order valence-corrected chi connectivity index (χ1v) is 14.1. The molecule has 7 heteroatoms. The van der Waals surface area contributed by atoms with E-state index in [2.05, 4.69) is 32.9 Å². The SMILES string of the molecule is C=C/C=C\C=C(/C=C)S(=O)(=O)C1=CC=C(O/C(C=C)=C/C=C(\C=C)S(=O)(=O)/C(C=C)=C/C)C(C)[C@@H]1C. The van der Waals surface area contributed by atoms with Crippen LogP contribution >= 0.6 is 0 Å². The zero-order valence-corrected chi connectivity index (χ0v) is 22.7. The van der Waals surface area contributed by atoms with Crippen LogP contribution < -0.4 is 0 Å². The number of allylic oxidation sites excluding steroid dienone is 15. The first kappa shape index (κ1) is 30.6. The molecule has 1 unspecified atom stereocenters. The van der Waals surface area contributed by atoms with Crippen molar-refractivity contribution in [2.24, 2.45) is 11.8 Å². The lowest BCUT2D eigenvalue weighted by atomic mass is 9.89.